The van der Waals surface area contributed by atoms with Gasteiger partial charge in [0.2, 0.25) is 0 Å². The van der Waals surface area contributed by atoms with E-state index in [0.717, 1.165) is 5.56 Å². The fourth-order valence-corrected chi connectivity index (χ4v) is 1.14. The summed E-state index contributed by atoms with van der Waals surface area (Å²) in [6.07, 6.45) is 1.45. The summed E-state index contributed by atoms with van der Waals surface area (Å²) >= 11 is 0. The minimum Gasteiger partial charge on any atom is -0.505 e. The third-order valence-corrected chi connectivity index (χ3v) is 1.85. The van der Waals surface area contributed by atoms with Gasteiger partial charge in [0.1, 0.15) is 0 Å². The van der Waals surface area contributed by atoms with Gasteiger partial charge < -0.3 is 10.8 Å². The Morgan fingerprint density at radius 2 is 2.23 bits per heavy atom. The van der Waals surface area contributed by atoms with Crippen LogP contribution >= 0.6 is 0 Å². The zero-order chi connectivity index (χ0) is 10.0. The summed E-state index contributed by atoms with van der Waals surface area (Å²) < 4.78 is 13.0. The summed E-state index contributed by atoms with van der Waals surface area (Å²) in [7, 11) is 0. The van der Waals surface area contributed by atoms with Crippen LogP contribution < -0.4 is 5.73 Å². The molecule has 0 aliphatic carbocycles. The van der Waals surface area contributed by atoms with Crippen molar-refractivity contribution in [3.63, 3.8) is 0 Å². The lowest BCUT2D eigenvalue weighted by Gasteiger charge is -2.10. The maximum Gasteiger partial charge on any atom is 0.165 e. The molecule has 3 N–H and O–H groups in total. The van der Waals surface area contributed by atoms with Crippen molar-refractivity contribution in [3.05, 3.63) is 41.7 Å². The van der Waals surface area contributed by atoms with Crippen molar-refractivity contribution in [2.24, 2.45) is 5.73 Å². The van der Waals surface area contributed by atoms with Crippen molar-refractivity contribution in [1.29, 1.82) is 0 Å². The van der Waals surface area contributed by atoms with Crippen LogP contribution in [-0.4, -0.2) is 5.11 Å². The normalized spacial score (nSPS) is 12.5. The quantitative estimate of drug-likeness (QED) is 0.686. The molecule has 0 aliphatic heterocycles. The van der Waals surface area contributed by atoms with Crippen LogP contribution in [0.3, 0.4) is 0 Å². The van der Waals surface area contributed by atoms with Gasteiger partial charge in [0.15, 0.2) is 11.6 Å². The number of aryl methyl sites for hydroxylation is 1. The first-order valence-corrected chi connectivity index (χ1v) is 3.93. The maximum atomic E-state index is 13.0. The molecule has 3 heteroatoms. The highest BCUT2D eigenvalue weighted by atomic mass is 19.1. The molecule has 13 heavy (non-hydrogen) atoms. The highest BCUT2D eigenvalue weighted by Crippen LogP contribution is 2.27. The van der Waals surface area contributed by atoms with E-state index in [1.54, 1.807) is 13.0 Å². The first-order chi connectivity index (χ1) is 6.06. The first-order valence-electron chi connectivity index (χ1n) is 3.93. The van der Waals surface area contributed by atoms with Crippen molar-refractivity contribution in [2.75, 3.05) is 0 Å². The third kappa shape index (κ3) is 1.87. The molecule has 0 bridgehead atoms. The summed E-state index contributed by atoms with van der Waals surface area (Å²) in [5, 5.41) is 9.32. The molecular formula is C10H12FNO. The number of rotatable bonds is 2. The molecule has 1 aromatic carbocycles. The second-order valence-corrected chi connectivity index (χ2v) is 2.95. The van der Waals surface area contributed by atoms with Gasteiger partial charge in [-0.05, 0) is 18.6 Å². The molecule has 0 heterocycles. The minimum absolute atomic E-state index is 0.368. The third-order valence-electron chi connectivity index (χ3n) is 1.85. The van der Waals surface area contributed by atoms with Crippen molar-refractivity contribution < 1.29 is 9.50 Å². The minimum atomic E-state index is -0.646. The number of halogens is 1. The summed E-state index contributed by atoms with van der Waals surface area (Å²) in [6, 6.07) is 2.37. The molecule has 1 atom stereocenters. The fraction of sp³-hybridized carbons (Fsp3) is 0.200. The molecule has 1 aromatic rings. The van der Waals surface area contributed by atoms with E-state index in [0.29, 0.717) is 5.56 Å². The molecule has 0 saturated heterocycles. The van der Waals surface area contributed by atoms with E-state index in [2.05, 4.69) is 6.58 Å². The lowest BCUT2D eigenvalue weighted by atomic mass is 10.0. The van der Waals surface area contributed by atoms with Gasteiger partial charge >= 0.3 is 0 Å². The number of benzene rings is 1. The largest absolute Gasteiger partial charge is 0.505 e. The SMILES string of the molecule is C=C[C@H](N)c1cc(C)cc(F)c1O. The number of phenols is 1. The van der Waals surface area contributed by atoms with Gasteiger partial charge in [-0.2, -0.15) is 0 Å². The topological polar surface area (TPSA) is 46.2 Å². The van der Waals surface area contributed by atoms with Crippen LogP contribution in [0.4, 0.5) is 4.39 Å². The van der Waals surface area contributed by atoms with Gasteiger partial charge in [-0.3, -0.25) is 0 Å². The molecule has 0 amide bonds. The van der Waals surface area contributed by atoms with Crippen molar-refractivity contribution in [3.8, 4) is 5.75 Å². The molecule has 0 radical (unpaired) electrons. The Morgan fingerprint density at radius 3 is 2.77 bits per heavy atom. The molecule has 1 rings (SSSR count). The van der Waals surface area contributed by atoms with Crippen LogP contribution in [0.25, 0.3) is 0 Å². The first kappa shape index (κ1) is 9.74. The molecule has 0 aromatic heterocycles. The molecule has 0 saturated carbocycles. The van der Waals surface area contributed by atoms with Gasteiger partial charge in [0, 0.05) is 5.56 Å². The molecule has 0 fully saturated rings. The average Bonchev–Trinajstić information content (AvgIpc) is 2.10. The summed E-state index contributed by atoms with van der Waals surface area (Å²) in [4.78, 5) is 0. The lowest BCUT2D eigenvalue weighted by Crippen LogP contribution is -2.07. The Labute approximate surface area is 76.5 Å². The Morgan fingerprint density at radius 1 is 1.62 bits per heavy atom. The van der Waals surface area contributed by atoms with Crippen LogP contribution in [0, 0.1) is 12.7 Å². The highest BCUT2D eigenvalue weighted by Gasteiger charge is 2.12. The maximum absolute atomic E-state index is 13.0. The van der Waals surface area contributed by atoms with Gasteiger partial charge in [0.25, 0.3) is 0 Å². The zero-order valence-corrected chi connectivity index (χ0v) is 7.42. The number of phenolic OH excluding ortho intramolecular Hbond substituents is 1. The smallest absolute Gasteiger partial charge is 0.165 e. The van der Waals surface area contributed by atoms with Crippen molar-refractivity contribution >= 4 is 0 Å². The second kappa shape index (κ2) is 3.58. The van der Waals surface area contributed by atoms with E-state index in [1.165, 1.54) is 12.1 Å². The standard InChI is InChI=1S/C10H12FNO/c1-3-9(12)7-4-6(2)5-8(11)10(7)13/h3-5,9,13H,1,12H2,2H3/t9-/m0/s1. The number of hydrogen-bond acceptors (Lipinski definition) is 2. The van der Waals surface area contributed by atoms with Gasteiger partial charge in [0.05, 0.1) is 6.04 Å². The Hall–Kier alpha value is -1.35. The van der Waals surface area contributed by atoms with E-state index in [1.807, 2.05) is 0 Å². The lowest BCUT2D eigenvalue weighted by molar-refractivity contribution is 0.423. The van der Waals surface area contributed by atoms with Crippen LogP contribution in [0.5, 0.6) is 5.75 Å². The molecule has 2 nitrogen and oxygen atoms in total. The molecule has 0 aliphatic rings. The Balaban J connectivity index is 3.27. The molecule has 0 spiro atoms. The Kier molecular flexibility index (Phi) is 2.68. The average molecular weight is 181 g/mol. The predicted molar refractivity (Wildman–Crippen MR) is 49.9 cm³/mol. The van der Waals surface area contributed by atoms with Gasteiger partial charge in [-0.25, -0.2) is 4.39 Å². The predicted octanol–water partition coefficient (Wildman–Crippen LogP) is 2.03. The molecule has 0 unspecified atom stereocenters. The zero-order valence-electron chi connectivity index (χ0n) is 7.42. The van der Waals surface area contributed by atoms with E-state index in [-0.39, 0.29) is 0 Å². The highest BCUT2D eigenvalue weighted by molar-refractivity contribution is 5.40. The van der Waals surface area contributed by atoms with Gasteiger partial charge in [-0.1, -0.05) is 12.1 Å². The Bertz CT molecular complexity index is 336. The second-order valence-electron chi connectivity index (χ2n) is 2.95. The summed E-state index contributed by atoms with van der Waals surface area (Å²) in [5.74, 6) is -1.04. The van der Waals surface area contributed by atoms with E-state index >= 15 is 0 Å². The summed E-state index contributed by atoms with van der Waals surface area (Å²) in [5.41, 5.74) is 6.68. The van der Waals surface area contributed by atoms with Crippen LogP contribution in [-0.2, 0) is 0 Å². The summed E-state index contributed by atoms with van der Waals surface area (Å²) in [6.45, 7) is 5.22. The molecule has 70 valence electrons. The van der Waals surface area contributed by atoms with Crippen molar-refractivity contribution in [2.45, 2.75) is 13.0 Å². The van der Waals surface area contributed by atoms with Crippen LogP contribution in [0.1, 0.15) is 17.2 Å². The van der Waals surface area contributed by atoms with Crippen LogP contribution in [0.2, 0.25) is 0 Å². The monoisotopic (exact) mass is 181 g/mol. The fourth-order valence-electron chi connectivity index (χ4n) is 1.14. The van der Waals surface area contributed by atoms with Crippen molar-refractivity contribution in [1.82, 2.24) is 0 Å². The molecular weight excluding hydrogens is 169 g/mol. The van der Waals surface area contributed by atoms with E-state index in [9.17, 15) is 9.50 Å². The number of hydrogen-bond donors (Lipinski definition) is 2. The number of aromatic hydroxyl groups is 1. The van der Waals surface area contributed by atoms with Gasteiger partial charge in [-0.15, -0.1) is 6.58 Å². The van der Waals surface area contributed by atoms with E-state index < -0.39 is 17.6 Å². The van der Waals surface area contributed by atoms with E-state index in [4.69, 9.17) is 5.73 Å². The number of nitrogens with two attached hydrogens (primary N) is 1. The van der Waals surface area contributed by atoms with Crippen LogP contribution in [0.15, 0.2) is 24.8 Å².